The Hall–Kier alpha value is -1.25. The summed E-state index contributed by atoms with van der Waals surface area (Å²) in [6, 6.07) is 0. The van der Waals surface area contributed by atoms with Crippen LogP contribution in [0.1, 0.15) is 13.3 Å². The summed E-state index contributed by atoms with van der Waals surface area (Å²) >= 11 is 0. The quantitative estimate of drug-likeness (QED) is 0.462. The van der Waals surface area contributed by atoms with Gasteiger partial charge in [0.15, 0.2) is 6.10 Å². The minimum absolute atomic E-state index is 0.283. The molecule has 0 bridgehead atoms. The molecule has 1 heterocycles. The second kappa shape index (κ2) is 3.43. The maximum absolute atomic E-state index is 11.0. The lowest BCUT2D eigenvalue weighted by molar-refractivity contribution is -0.142. The highest BCUT2D eigenvalue weighted by atomic mass is 16.6. The van der Waals surface area contributed by atoms with Crippen LogP contribution in [0, 0.1) is 0 Å². The van der Waals surface area contributed by atoms with Gasteiger partial charge in [0.1, 0.15) is 5.76 Å². The minimum Gasteiger partial charge on any atom is -0.494 e. The fraction of sp³-hybridized carbons (Fsp3) is 0.444. The van der Waals surface area contributed by atoms with Crippen LogP contribution in [0.25, 0.3) is 0 Å². The van der Waals surface area contributed by atoms with Crippen molar-refractivity contribution >= 4 is 5.97 Å². The van der Waals surface area contributed by atoms with Crippen LogP contribution in [-0.4, -0.2) is 18.7 Å². The first-order valence-corrected chi connectivity index (χ1v) is 3.79. The summed E-state index contributed by atoms with van der Waals surface area (Å²) in [7, 11) is 0. The average molecular weight is 168 g/mol. The first kappa shape index (κ1) is 8.84. The molecule has 0 aromatic carbocycles. The summed E-state index contributed by atoms with van der Waals surface area (Å²) in [5.74, 6) is 0.149. The third-order valence-corrected chi connectivity index (χ3v) is 1.62. The molecular weight excluding hydrogens is 156 g/mol. The van der Waals surface area contributed by atoms with Gasteiger partial charge in [-0.25, -0.2) is 4.79 Å². The van der Waals surface area contributed by atoms with Crippen LogP contribution in [0.4, 0.5) is 0 Å². The molecule has 12 heavy (non-hydrogen) atoms. The maximum atomic E-state index is 11.0. The van der Waals surface area contributed by atoms with E-state index in [1.54, 1.807) is 6.92 Å². The average Bonchev–Trinajstić information content (AvgIpc) is 2.36. The standard InChI is InChI=1S/C9H12O3/c1-6(2)9(10)12-8-4-5-11-7(8)3/h8H,1,3-5H2,2H3. The molecule has 0 spiro atoms. The number of hydrogen-bond donors (Lipinski definition) is 0. The molecule has 1 fully saturated rings. The van der Waals surface area contributed by atoms with Gasteiger partial charge < -0.3 is 9.47 Å². The van der Waals surface area contributed by atoms with Gasteiger partial charge in [-0.2, -0.15) is 0 Å². The van der Waals surface area contributed by atoms with E-state index in [2.05, 4.69) is 13.2 Å². The van der Waals surface area contributed by atoms with Crippen molar-refractivity contribution in [1.29, 1.82) is 0 Å². The third-order valence-electron chi connectivity index (χ3n) is 1.62. The second-order valence-corrected chi connectivity index (χ2v) is 2.78. The van der Waals surface area contributed by atoms with Crippen LogP contribution < -0.4 is 0 Å². The molecule has 1 saturated heterocycles. The van der Waals surface area contributed by atoms with E-state index in [0.717, 1.165) is 0 Å². The number of carbonyl (C=O) groups is 1. The molecule has 1 aliphatic rings. The van der Waals surface area contributed by atoms with Gasteiger partial charge in [0.2, 0.25) is 0 Å². The molecule has 3 heteroatoms. The van der Waals surface area contributed by atoms with Crippen LogP contribution in [0.15, 0.2) is 24.5 Å². The summed E-state index contributed by atoms with van der Waals surface area (Å²) in [6.45, 7) is 9.28. The van der Waals surface area contributed by atoms with Crippen LogP contribution in [0.5, 0.6) is 0 Å². The Balaban J connectivity index is 2.46. The normalized spacial score (nSPS) is 21.8. The van der Waals surface area contributed by atoms with Crippen LogP contribution in [0.2, 0.25) is 0 Å². The van der Waals surface area contributed by atoms with Gasteiger partial charge >= 0.3 is 5.97 Å². The lowest BCUT2D eigenvalue weighted by Crippen LogP contribution is -2.16. The van der Waals surface area contributed by atoms with Gasteiger partial charge in [-0.05, 0) is 6.92 Å². The molecule has 0 amide bonds. The highest BCUT2D eigenvalue weighted by Crippen LogP contribution is 2.19. The molecule has 0 radical (unpaired) electrons. The zero-order chi connectivity index (χ0) is 9.14. The zero-order valence-corrected chi connectivity index (χ0v) is 7.13. The van der Waals surface area contributed by atoms with Gasteiger partial charge in [0.25, 0.3) is 0 Å². The highest BCUT2D eigenvalue weighted by Gasteiger charge is 2.24. The highest BCUT2D eigenvalue weighted by molar-refractivity contribution is 5.87. The zero-order valence-electron chi connectivity index (χ0n) is 7.13. The Morgan fingerprint density at radius 2 is 2.42 bits per heavy atom. The number of hydrogen-bond acceptors (Lipinski definition) is 3. The van der Waals surface area contributed by atoms with Crippen molar-refractivity contribution in [3.63, 3.8) is 0 Å². The molecule has 66 valence electrons. The number of rotatable bonds is 2. The molecule has 0 aromatic rings. The predicted octanol–water partition coefficient (Wildman–Crippen LogP) is 1.41. The van der Waals surface area contributed by atoms with Gasteiger partial charge in [-0.15, -0.1) is 0 Å². The Morgan fingerprint density at radius 3 is 2.83 bits per heavy atom. The predicted molar refractivity (Wildman–Crippen MR) is 44.4 cm³/mol. The topological polar surface area (TPSA) is 35.5 Å². The summed E-state index contributed by atoms with van der Waals surface area (Å²) < 4.78 is 10.1. The Bertz CT molecular complexity index is 230. The summed E-state index contributed by atoms with van der Waals surface area (Å²) in [5.41, 5.74) is 0.398. The van der Waals surface area contributed by atoms with Gasteiger partial charge in [-0.3, -0.25) is 0 Å². The van der Waals surface area contributed by atoms with Crippen molar-refractivity contribution in [1.82, 2.24) is 0 Å². The lowest BCUT2D eigenvalue weighted by atomic mass is 10.2. The van der Waals surface area contributed by atoms with E-state index in [1.165, 1.54) is 0 Å². The molecule has 0 N–H and O–H groups in total. The van der Waals surface area contributed by atoms with Crippen LogP contribution >= 0.6 is 0 Å². The number of ether oxygens (including phenoxy) is 2. The molecule has 3 nitrogen and oxygen atoms in total. The van der Waals surface area contributed by atoms with Crippen molar-refractivity contribution < 1.29 is 14.3 Å². The molecule has 1 rings (SSSR count). The summed E-state index contributed by atoms with van der Waals surface area (Å²) in [6.07, 6.45) is 0.409. The fourth-order valence-corrected chi connectivity index (χ4v) is 0.905. The Kier molecular flexibility index (Phi) is 2.53. The molecule has 0 aromatic heterocycles. The van der Waals surface area contributed by atoms with Gasteiger partial charge in [-0.1, -0.05) is 13.2 Å². The van der Waals surface area contributed by atoms with Crippen molar-refractivity contribution in [3.05, 3.63) is 24.5 Å². The van der Waals surface area contributed by atoms with Crippen molar-refractivity contribution in [2.75, 3.05) is 6.61 Å². The lowest BCUT2D eigenvalue weighted by Gasteiger charge is -2.10. The van der Waals surface area contributed by atoms with Gasteiger partial charge in [0, 0.05) is 12.0 Å². The summed E-state index contributed by atoms with van der Waals surface area (Å²) in [5, 5.41) is 0. The SMILES string of the molecule is C=C(C)C(=O)OC1CCOC1=C. The van der Waals surface area contributed by atoms with E-state index >= 15 is 0 Å². The van der Waals surface area contributed by atoms with E-state index < -0.39 is 0 Å². The van der Waals surface area contributed by atoms with E-state index in [-0.39, 0.29) is 12.1 Å². The molecular formula is C9H12O3. The Morgan fingerprint density at radius 1 is 1.75 bits per heavy atom. The smallest absolute Gasteiger partial charge is 0.333 e. The molecule has 1 aliphatic heterocycles. The van der Waals surface area contributed by atoms with Crippen LogP contribution in [0.3, 0.4) is 0 Å². The number of esters is 1. The monoisotopic (exact) mass is 168 g/mol. The van der Waals surface area contributed by atoms with E-state index in [0.29, 0.717) is 24.4 Å². The third kappa shape index (κ3) is 1.87. The first-order valence-electron chi connectivity index (χ1n) is 3.79. The molecule has 1 unspecified atom stereocenters. The van der Waals surface area contributed by atoms with Crippen LogP contribution in [-0.2, 0) is 14.3 Å². The molecule has 0 aliphatic carbocycles. The van der Waals surface area contributed by atoms with Crippen molar-refractivity contribution in [2.24, 2.45) is 0 Å². The van der Waals surface area contributed by atoms with Gasteiger partial charge in [0.05, 0.1) is 6.61 Å². The molecule has 1 atom stereocenters. The minimum atomic E-state index is -0.383. The van der Waals surface area contributed by atoms with E-state index in [9.17, 15) is 4.79 Å². The van der Waals surface area contributed by atoms with E-state index in [4.69, 9.17) is 9.47 Å². The second-order valence-electron chi connectivity index (χ2n) is 2.78. The Labute approximate surface area is 71.7 Å². The van der Waals surface area contributed by atoms with Crippen molar-refractivity contribution in [3.8, 4) is 0 Å². The summed E-state index contributed by atoms with van der Waals surface area (Å²) in [4.78, 5) is 11.0. The molecule has 0 saturated carbocycles. The maximum Gasteiger partial charge on any atom is 0.333 e. The first-order chi connectivity index (χ1) is 5.61. The van der Waals surface area contributed by atoms with E-state index in [1.807, 2.05) is 0 Å². The number of carbonyl (C=O) groups excluding carboxylic acids is 1. The largest absolute Gasteiger partial charge is 0.494 e. The van der Waals surface area contributed by atoms with Crippen molar-refractivity contribution in [2.45, 2.75) is 19.4 Å². The fourth-order valence-electron chi connectivity index (χ4n) is 0.905.